The second-order valence-electron chi connectivity index (χ2n) is 5.99. The maximum atomic E-state index is 12.0. The Labute approximate surface area is 164 Å². The summed E-state index contributed by atoms with van der Waals surface area (Å²) in [6.07, 6.45) is 0. The summed E-state index contributed by atoms with van der Waals surface area (Å²) in [5, 5.41) is 2.78. The van der Waals surface area contributed by atoms with Crippen molar-refractivity contribution in [2.75, 3.05) is 45.3 Å². The molecule has 0 spiro atoms. The van der Waals surface area contributed by atoms with E-state index < -0.39 is 0 Å². The number of benzene rings is 2. The number of morpholine rings is 1. The molecule has 1 saturated heterocycles. The smallest absolute Gasteiger partial charge is 0.262 e. The highest BCUT2D eigenvalue weighted by Crippen LogP contribution is 2.17. The van der Waals surface area contributed by atoms with Gasteiger partial charge in [0.25, 0.3) is 5.91 Å². The zero-order chi connectivity index (χ0) is 19.1. The van der Waals surface area contributed by atoms with E-state index in [2.05, 4.69) is 10.2 Å². The molecule has 1 N–H and O–H groups in total. The number of thiocarbonyl (C=S) groups is 1. The van der Waals surface area contributed by atoms with Crippen LogP contribution in [0.4, 0.5) is 5.69 Å². The van der Waals surface area contributed by atoms with Gasteiger partial charge < -0.3 is 24.4 Å². The van der Waals surface area contributed by atoms with E-state index in [1.165, 1.54) is 0 Å². The molecule has 1 aliphatic heterocycles. The van der Waals surface area contributed by atoms with E-state index in [-0.39, 0.29) is 12.5 Å². The van der Waals surface area contributed by atoms with Crippen molar-refractivity contribution in [3.8, 4) is 11.5 Å². The highest BCUT2D eigenvalue weighted by Gasteiger charge is 2.15. The molecule has 0 bridgehead atoms. The molecule has 27 heavy (non-hydrogen) atoms. The Bertz CT molecular complexity index is 772. The Morgan fingerprint density at radius 3 is 2.33 bits per heavy atom. The fourth-order valence-electron chi connectivity index (χ4n) is 2.66. The molecule has 0 atom stereocenters. The van der Waals surface area contributed by atoms with Crippen LogP contribution in [-0.2, 0) is 9.53 Å². The Hall–Kier alpha value is -2.64. The van der Waals surface area contributed by atoms with E-state index in [0.717, 1.165) is 29.4 Å². The number of hydrogen-bond acceptors (Lipinski definition) is 5. The highest BCUT2D eigenvalue weighted by atomic mass is 32.1. The van der Waals surface area contributed by atoms with Crippen molar-refractivity contribution >= 4 is 28.8 Å². The highest BCUT2D eigenvalue weighted by molar-refractivity contribution is 7.80. The van der Waals surface area contributed by atoms with Gasteiger partial charge >= 0.3 is 0 Å². The fourth-order valence-corrected chi connectivity index (χ4v) is 2.98. The topological polar surface area (TPSA) is 60.0 Å². The standard InChI is InChI=1S/C20H22N2O4S/c1-24-17-8-4-16(5-9-17)21-19(23)14-26-18-6-2-15(3-7-18)20(27)22-10-12-25-13-11-22/h2-9H,10-14H2,1H3,(H,21,23). The summed E-state index contributed by atoms with van der Waals surface area (Å²) < 4.78 is 16.0. The molecule has 1 fully saturated rings. The summed E-state index contributed by atoms with van der Waals surface area (Å²) in [7, 11) is 1.60. The summed E-state index contributed by atoms with van der Waals surface area (Å²) in [4.78, 5) is 15.0. The maximum absolute atomic E-state index is 12.0. The number of nitrogens with zero attached hydrogens (tertiary/aromatic N) is 1. The van der Waals surface area contributed by atoms with Crippen LogP contribution in [0.15, 0.2) is 48.5 Å². The molecule has 6 nitrogen and oxygen atoms in total. The molecule has 1 heterocycles. The molecular weight excluding hydrogens is 364 g/mol. The van der Waals surface area contributed by atoms with Crippen LogP contribution >= 0.6 is 12.2 Å². The van der Waals surface area contributed by atoms with Gasteiger partial charge in [-0.05, 0) is 48.5 Å². The molecule has 2 aromatic rings. The number of carbonyl (C=O) groups is 1. The minimum absolute atomic E-state index is 0.0702. The summed E-state index contributed by atoms with van der Waals surface area (Å²) in [6, 6.07) is 14.6. The van der Waals surface area contributed by atoms with Crippen LogP contribution in [0.1, 0.15) is 5.56 Å². The Balaban J connectivity index is 1.49. The minimum atomic E-state index is -0.229. The van der Waals surface area contributed by atoms with E-state index in [9.17, 15) is 4.79 Å². The largest absolute Gasteiger partial charge is 0.497 e. The van der Waals surface area contributed by atoms with E-state index in [1.54, 1.807) is 31.4 Å². The third-order valence-electron chi connectivity index (χ3n) is 4.14. The monoisotopic (exact) mass is 386 g/mol. The van der Waals surface area contributed by atoms with Crippen LogP contribution in [0.5, 0.6) is 11.5 Å². The molecular formula is C20H22N2O4S. The van der Waals surface area contributed by atoms with Gasteiger partial charge in [-0.25, -0.2) is 0 Å². The number of methoxy groups -OCH3 is 1. The van der Waals surface area contributed by atoms with Gasteiger partial charge in [0.1, 0.15) is 16.5 Å². The van der Waals surface area contributed by atoms with Gasteiger partial charge in [0, 0.05) is 24.3 Å². The quantitative estimate of drug-likeness (QED) is 0.771. The zero-order valence-electron chi connectivity index (χ0n) is 15.1. The van der Waals surface area contributed by atoms with Crippen molar-refractivity contribution in [3.05, 3.63) is 54.1 Å². The number of hydrogen-bond donors (Lipinski definition) is 1. The third kappa shape index (κ3) is 5.42. The predicted molar refractivity (Wildman–Crippen MR) is 108 cm³/mol. The lowest BCUT2D eigenvalue weighted by atomic mass is 10.2. The van der Waals surface area contributed by atoms with Crippen molar-refractivity contribution in [2.45, 2.75) is 0 Å². The summed E-state index contributed by atoms with van der Waals surface area (Å²) in [5.41, 5.74) is 1.65. The van der Waals surface area contributed by atoms with Crippen molar-refractivity contribution in [2.24, 2.45) is 0 Å². The maximum Gasteiger partial charge on any atom is 0.262 e. The molecule has 0 unspecified atom stereocenters. The first-order valence-corrected chi connectivity index (χ1v) is 9.10. The number of amides is 1. The molecule has 0 aliphatic carbocycles. The molecule has 7 heteroatoms. The van der Waals surface area contributed by atoms with Crippen molar-refractivity contribution in [1.82, 2.24) is 4.90 Å². The Morgan fingerprint density at radius 2 is 1.70 bits per heavy atom. The third-order valence-corrected chi connectivity index (χ3v) is 4.64. The molecule has 2 aromatic carbocycles. The van der Waals surface area contributed by atoms with Gasteiger partial charge in [0.15, 0.2) is 6.61 Å². The minimum Gasteiger partial charge on any atom is -0.497 e. The van der Waals surface area contributed by atoms with Crippen molar-refractivity contribution in [3.63, 3.8) is 0 Å². The van der Waals surface area contributed by atoms with Gasteiger partial charge in [-0.15, -0.1) is 0 Å². The summed E-state index contributed by atoms with van der Waals surface area (Å²) >= 11 is 5.54. The van der Waals surface area contributed by atoms with E-state index >= 15 is 0 Å². The van der Waals surface area contributed by atoms with Crippen LogP contribution in [0.3, 0.4) is 0 Å². The Kier molecular flexibility index (Phi) is 6.62. The number of ether oxygens (including phenoxy) is 3. The second-order valence-corrected chi connectivity index (χ2v) is 6.38. The lowest BCUT2D eigenvalue weighted by molar-refractivity contribution is -0.118. The van der Waals surface area contributed by atoms with E-state index in [0.29, 0.717) is 24.7 Å². The number of carbonyl (C=O) groups excluding carboxylic acids is 1. The first-order chi connectivity index (χ1) is 13.2. The lowest BCUT2D eigenvalue weighted by Crippen LogP contribution is -2.40. The van der Waals surface area contributed by atoms with Gasteiger partial charge in [0.05, 0.1) is 20.3 Å². The van der Waals surface area contributed by atoms with Crippen LogP contribution in [0.2, 0.25) is 0 Å². The van der Waals surface area contributed by atoms with Gasteiger partial charge in [-0.1, -0.05) is 12.2 Å². The summed E-state index contributed by atoms with van der Waals surface area (Å²) in [6.45, 7) is 2.94. The van der Waals surface area contributed by atoms with E-state index in [4.69, 9.17) is 26.4 Å². The first-order valence-electron chi connectivity index (χ1n) is 8.69. The molecule has 142 valence electrons. The molecule has 0 aromatic heterocycles. The predicted octanol–water partition coefficient (Wildman–Crippen LogP) is 2.72. The van der Waals surface area contributed by atoms with Crippen LogP contribution in [0, 0.1) is 0 Å². The Morgan fingerprint density at radius 1 is 1.07 bits per heavy atom. The van der Waals surface area contributed by atoms with Crippen LogP contribution < -0.4 is 14.8 Å². The first kappa shape index (κ1) is 19.1. The van der Waals surface area contributed by atoms with Gasteiger partial charge in [-0.2, -0.15) is 0 Å². The zero-order valence-corrected chi connectivity index (χ0v) is 16.0. The normalized spacial score (nSPS) is 13.7. The fraction of sp³-hybridized carbons (Fsp3) is 0.300. The van der Waals surface area contributed by atoms with Crippen LogP contribution in [-0.4, -0.2) is 55.8 Å². The van der Waals surface area contributed by atoms with Crippen molar-refractivity contribution in [1.29, 1.82) is 0 Å². The molecule has 1 amide bonds. The van der Waals surface area contributed by atoms with E-state index in [1.807, 2.05) is 24.3 Å². The number of rotatable bonds is 6. The number of nitrogens with one attached hydrogen (secondary N) is 1. The molecule has 0 saturated carbocycles. The molecule has 1 aliphatic rings. The average Bonchev–Trinajstić information content (AvgIpc) is 2.73. The van der Waals surface area contributed by atoms with Crippen LogP contribution in [0.25, 0.3) is 0 Å². The summed E-state index contributed by atoms with van der Waals surface area (Å²) in [5.74, 6) is 1.13. The SMILES string of the molecule is COc1ccc(NC(=O)COc2ccc(C(=S)N3CCOCC3)cc2)cc1. The molecule has 0 radical (unpaired) electrons. The lowest BCUT2D eigenvalue weighted by Gasteiger charge is -2.29. The average molecular weight is 386 g/mol. The molecule has 3 rings (SSSR count). The van der Waals surface area contributed by atoms with Crippen molar-refractivity contribution < 1.29 is 19.0 Å². The van der Waals surface area contributed by atoms with Gasteiger partial charge in [0.2, 0.25) is 0 Å². The van der Waals surface area contributed by atoms with Gasteiger partial charge in [-0.3, -0.25) is 4.79 Å². The second kappa shape index (κ2) is 9.34. The number of anilines is 1.